The van der Waals surface area contributed by atoms with Crippen molar-refractivity contribution in [3.8, 4) is 0 Å². The lowest BCUT2D eigenvalue weighted by Gasteiger charge is -2.32. The van der Waals surface area contributed by atoms with Crippen LogP contribution in [0.3, 0.4) is 0 Å². The maximum atomic E-state index is 11.1. The van der Waals surface area contributed by atoms with E-state index in [2.05, 4.69) is 29.3 Å². The first kappa shape index (κ1) is 14.8. The van der Waals surface area contributed by atoms with Gasteiger partial charge in [0.2, 0.25) is 5.91 Å². The zero-order valence-electron chi connectivity index (χ0n) is 11.8. The molecule has 1 aromatic rings. The van der Waals surface area contributed by atoms with Gasteiger partial charge in [-0.3, -0.25) is 4.79 Å². The van der Waals surface area contributed by atoms with Crippen LogP contribution in [0.1, 0.15) is 25.3 Å². The van der Waals surface area contributed by atoms with E-state index in [1.807, 2.05) is 12.1 Å². The van der Waals surface area contributed by atoms with Crippen LogP contribution >= 0.6 is 12.2 Å². The Morgan fingerprint density at radius 3 is 2.75 bits per heavy atom. The van der Waals surface area contributed by atoms with Gasteiger partial charge in [0.05, 0.1) is 0 Å². The van der Waals surface area contributed by atoms with Crippen LogP contribution in [0.5, 0.6) is 0 Å². The lowest BCUT2D eigenvalue weighted by molar-refractivity contribution is -0.122. The molecule has 20 heavy (non-hydrogen) atoms. The van der Waals surface area contributed by atoms with Gasteiger partial charge in [0.15, 0.2) is 5.11 Å². The zero-order valence-corrected chi connectivity index (χ0v) is 12.6. The van der Waals surface area contributed by atoms with E-state index in [4.69, 9.17) is 18.0 Å². The summed E-state index contributed by atoms with van der Waals surface area (Å²) in [6.45, 7) is 3.70. The van der Waals surface area contributed by atoms with Crippen LogP contribution in [-0.2, 0) is 11.2 Å². The minimum absolute atomic E-state index is 0.00234. The summed E-state index contributed by atoms with van der Waals surface area (Å²) in [4.78, 5) is 13.3. The van der Waals surface area contributed by atoms with E-state index in [0.29, 0.717) is 0 Å². The molecule has 0 bridgehead atoms. The summed E-state index contributed by atoms with van der Waals surface area (Å²) in [6, 6.07) is 8.26. The second kappa shape index (κ2) is 6.70. The van der Waals surface area contributed by atoms with E-state index in [-0.39, 0.29) is 11.8 Å². The number of nitrogens with one attached hydrogen (secondary N) is 1. The van der Waals surface area contributed by atoms with Gasteiger partial charge >= 0.3 is 0 Å². The summed E-state index contributed by atoms with van der Waals surface area (Å²) in [5.74, 6) is -0.198. The highest BCUT2D eigenvalue weighted by atomic mass is 32.1. The summed E-state index contributed by atoms with van der Waals surface area (Å²) in [7, 11) is 0. The Bertz CT molecular complexity index is 496. The molecule has 1 heterocycles. The minimum atomic E-state index is -0.195. The Morgan fingerprint density at radius 1 is 1.45 bits per heavy atom. The molecule has 1 aliphatic rings. The highest BCUT2D eigenvalue weighted by molar-refractivity contribution is 7.80. The largest absolute Gasteiger partial charge is 0.369 e. The molecule has 0 saturated carbocycles. The predicted molar refractivity (Wildman–Crippen MR) is 85.5 cm³/mol. The monoisotopic (exact) mass is 291 g/mol. The van der Waals surface area contributed by atoms with Crippen LogP contribution in [0.25, 0.3) is 0 Å². The summed E-state index contributed by atoms with van der Waals surface area (Å²) >= 11 is 5.44. The Balaban J connectivity index is 1.91. The highest BCUT2D eigenvalue weighted by Crippen LogP contribution is 2.18. The molecule has 0 aliphatic carbocycles. The van der Waals surface area contributed by atoms with Crippen LogP contribution in [-0.4, -0.2) is 29.0 Å². The van der Waals surface area contributed by atoms with Gasteiger partial charge in [-0.05, 0) is 49.2 Å². The number of aryl methyl sites for hydroxylation is 1. The average Bonchev–Trinajstić information content (AvgIpc) is 2.47. The maximum absolute atomic E-state index is 11.1. The standard InChI is InChI=1S/C15H21N3OS/c1-2-11-4-3-5-13(10-11)17-15(20)18-8-6-12(7-9-18)14(16)19/h3-5,10,12H,2,6-9H2,1H3,(H2,16,19)(H,17,20). The third kappa shape index (κ3) is 3.70. The van der Waals surface area contributed by atoms with Crippen molar-refractivity contribution in [2.45, 2.75) is 26.2 Å². The molecule has 0 atom stereocenters. The quantitative estimate of drug-likeness (QED) is 0.838. The van der Waals surface area contributed by atoms with Crippen molar-refractivity contribution in [3.63, 3.8) is 0 Å². The molecule has 0 unspecified atom stereocenters. The number of primary amides is 1. The number of thiocarbonyl (C=S) groups is 1. The zero-order chi connectivity index (χ0) is 14.5. The van der Waals surface area contributed by atoms with Crippen LogP contribution in [0, 0.1) is 5.92 Å². The van der Waals surface area contributed by atoms with Gasteiger partial charge in [0.25, 0.3) is 0 Å². The molecule has 1 aromatic carbocycles. The fourth-order valence-electron chi connectivity index (χ4n) is 2.44. The fourth-order valence-corrected chi connectivity index (χ4v) is 2.74. The van der Waals surface area contributed by atoms with Crippen molar-refractivity contribution in [2.75, 3.05) is 18.4 Å². The lowest BCUT2D eigenvalue weighted by atomic mass is 9.97. The van der Waals surface area contributed by atoms with Crippen molar-refractivity contribution in [1.82, 2.24) is 4.90 Å². The van der Waals surface area contributed by atoms with Crippen molar-refractivity contribution >= 4 is 28.9 Å². The Kier molecular flexibility index (Phi) is 4.95. The topological polar surface area (TPSA) is 58.4 Å². The normalized spacial score (nSPS) is 15.9. The Hall–Kier alpha value is -1.62. The van der Waals surface area contributed by atoms with E-state index >= 15 is 0 Å². The molecule has 1 saturated heterocycles. The summed E-state index contributed by atoms with van der Waals surface area (Å²) in [6.07, 6.45) is 2.57. The number of nitrogens with zero attached hydrogens (tertiary/aromatic N) is 1. The van der Waals surface area contributed by atoms with Gasteiger partial charge in [-0.25, -0.2) is 0 Å². The SMILES string of the molecule is CCc1cccc(NC(=S)N2CCC(C(N)=O)CC2)c1. The highest BCUT2D eigenvalue weighted by Gasteiger charge is 2.24. The number of amides is 1. The fraction of sp³-hybridized carbons (Fsp3) is 0.467. The number of benzene rings is 1. The van der Waals surface area contributed by atoms with E-state index in [9.17, 15) is 4.79 Å². The molecular formula is C15H21N3OS. The first-order chi connectivity index (χ1) is 9.60. The molecule has 0 radical (unpaired) electrons. The van der Waals surface area contributed by atoms with Gasteiger partial charge in [0, 0.05) is 24.7 Å². The van der Waals surface area contributed by atoms with Gasteiger partial charge < -0.3 is 16.0 Å². The van der Waals surface area contributed by atoms with Gasteiger partial charge in [-0.15, -0.1) is 0 Å². The number of carbonyl (C=O) groups excluding carboxylic acids is 1. The molecule has 2 rings (SSSR count). The van der Waals surface area contributed by atoms with Gasteiger partial charge in [0.1, 0.15) is 0 Å². The third-order valence-corrected chi connectivity index (χ3v) is 4.13. The summed E-state index contributed by atoms with van der Waals surface area (Å²) in [5.41, 5.74) is 7.64. The number of piperidine rings is 1. The van der Waals surface area contributed by atoms with Crippen molar-refractivity contribution in [1.29, 1.82) is 0 Å². The Labute approximate surface area is 125 Å². The molecule has 0 spiro atoms. The van der Waals surface area contributed by atoms with E-state index < -0.39 is 0 Å². The number of nitrogens with two attached hydrogens (primary N) is 1. The smallest absolute Gasteiger partial charge is 0.220 e. The van der Waals surface area contributed by atoms with Gasteiger partial charge in [-0.2, -0.15) is 0 Å². The van der Waals surface area contributed by atoms with Crippen molar-refractivity contribution in [3.05, 3.63) is 29.8 Å². The first-order valence-corrected chi connectivity index (χ1v) is 7.45. The van der Waals surface area contributed by atoms with Gasteiger partial charge in [-0.1, -0.05) is 19.1 Å². The van der Waals surface area contributed by atoms with Crippen LogP contribution < -0.4 is 11.1 Å². The number of hydrogen-bond acceptors (Lipinski definition) is 2. The lowest BCUT2D eigenvalue weighted by Crippen LogP contribution is -2.43. The van der Waals surface area contributed by atoms with Crippen LogP contribution in [0.15, 0.2) is 24.3 Å². The van der Waals surface area contributed by atoms with Crippen LogP contribution in [0.2, 0.25) is 0 Å². The molecule has 1 amide bonds. The molecule has 108 valence electrons. The van der Waals surface area contributed by atoms with Crippen LogP contribution in [0.4, 0.5) is 5.69 Å². The molecule has 4 nitrogen and oxygen atoms in total. The number of rotatable bonds is 3. The minimum Gasteiger partial charge on any atom is -0.369 e. The molecule has 0 aromatic heterocycles. The molecular weight excluding hydrogens is 270 g/mol. The number of carbonyl (C=O) groups is 1. The second-order valence-corrected chi connectivity index (χ2v) is 5.53. The number of likely N-dealkylation sites (tertiary alicyclic amines) is 1. The van der Waals surface area contributed by atoms with Crippen molar-refractivity contribution < 1.29 is 4.79 Å². The third-order valence-electron chi connectivity index (χ3n) is 3.77. The van der Waals surface area contributed by atoms with E-state index in [0.717, 1.165) is 43.2 Å². The second-order valence-electron chi connectivity index (χ2n) is 5.15. The summed E-state index contributed by atoms with van der Waals surface area (Å²) in [5, 5.41) is 3.99. The number of hydrogen-bond donors (Lipinski definition) is 2. The molecule has 5 heteroatoms. The van der Waals surface area contributed by atoms with E-state index in [1.54, 1.807) is 0 Å². The molecule has 3 N–H and O–H groups in total. The maximum Gasteiger partial charge on any atom is 0.220 e. The van der Waals surface area contributed by atoms with Crippen molar-refractivity contribution in [2.24, 2.45) is 11.7 Å². The molecule has 1 aliphatic heterocycles. The Morgan fingerprint density at radius 2 is 2.15 bits per heavy atom. The number of anilines is 1. The van der Waals surface area contributed by atoms with E-state index in [1.165, 1.54) is 5.56 Å². The first-order valence-electron chi connectivity index (χ1n) is 7.04. The molecule has 1 fully saturated rings. The summed E-state index contributed by atoms with van der Waals surface area (Å²) < 4.78 is 0. The predicted octanol–water partition coefficient (Wildman–Crippen LogP) is 2.14. The average molecular weight is 291 g/mol.